The molecule has 5 nitrogen and oxygen atoms in total. The second kappa shape index (κ2) is 8.29. The third-order valence-electron chi connectivity index (χ3n) is 5.13. The van der Waals surface area contributed by atoms with Gasteiger partial charge in [0, 0.05) is 16.7 Å². The molecule has 0 spiro atoms. The Labute approximate surface area is 173 Å². The van der Waals surface area contributed by atoms with Crippen LogP contribution in [-0.4, -0.2) is 21.1 Å². The van der Waals surface area contributed by atoms with E-state index in [9.17, 15) is 9.18 Å². The number of H-pyrrole nitrogens is 1. The number of nitrogens with zero attached hydrogens (tertiary/aromatic N) is 2. The summed E-state index contributed by atoms with van der Waals surface area (Å²) in [5, 5.41) is 7.28. The lowest BCUT2D eigenvalue weighted by Gasteiger charge is -2.07. The molecule has 30 heavy (non-hydrogen) atoms. The molecule has 0 radical (unpaired) electrons. The monoisotopic (exact) mass is 400 g/mol. The molecule has 0 saturated carbocycles. The van der Waals surface area contributed by atoms with Crippen molar-refractivity contribution in [3.05, 3.63) is 94.8 Å². The van der Waals surface area contributed by atoms with Crippen molar-refractivity contribution in [2.24, 2.45) is 5.73 Å². The molecule has 1 amide bonds. The van der Waals surface area contributed by atoms with Gasteiger partial charge in [0.15, 0.2) is 11.6 Å². The maximum Gasteiger partial charge on any atom is 0.248 e. The van der Waals surface area contributed by atoms with Gasteiger partial charge in [-0.15, -0.1) is 0 Å². The summed E-state index contributed by atoms with van der Waals surface area (Å²) in [4.78, 5) is 15.8. The SMILES string of the molecule is Cc1cc(-c2n[nH]c(-c3ccc(C(N)=O)cc3)n2)ccc1CCc1ccc(F)cc1. The van der Waals surface area contributed by atoms with Gasteiger partial charge < -0.3 is 5.73 Å². The van der Waals surface area contributed by atoms with Crippen LogP contribution in [0.1, 0.15) is 27.0 Å². The lowest BCUT2D eigenvalue weighted by atomic mass is 9.98. The fourth-order valence-electron chi connectivity index (χ4n) is 3.36. The highest BCUT2D eigenvalue weighted by molar-refractivity contribution is 5.93. The van der Waals surface area contributed by atoms with E-state index in [2.05, 4.69) is 34.2 Å². The van der Waals surface area contributed by atoms with E-state index < -0.39 is 5.91 Å². The summed E-state index contributed by atoms with van der Waals surface area (Å²) in [6.45, 7) is 2.07. The van der Waals surface area contributed by atoms with Crippen LogP contribution in [0, 0.1) is 12.7 Å². The van der Waals surface area contributed by atoms with Crippen LogP contribution in [0.15, 0.2) is 66.7 Å². The molecule has 0 fully saturated rings. The zero-order valence-electron chi connectivity index (χ0n) is 16.5. The van der Waals surface area contributed by atoms with Crippen molar-refractivity contribution in [1.82, 2.24) is 15.2 Å². The molecular formula is C24H21FN4O. The Kier molecular flexibility index (Phi) is 5.39. The Morgan fingerprint density at radius 1 is 0.967 bits per heavy atom. The topological polar surface area (TPSA) is 84.7 Å². The smallest absolute Gasteiger partial charge is 0.248 e. The number of nitrogens with two attached hydrogens (primary N) is 1. The van der Waals surface area contributed by atoms with Gasteiger partial charge in [-0.3, -0.25) is 9.89 Å². The van der Waals surface area contributed by atoms with Crippen LogP contribution in [-0.2, 0) is 12.8 Å². The van der Waals surface area contributed by atoms with Crippen LogP contribution in [0.5, 0.6) is 0 Å². The molecule has 0 aliphatic carbocycles. The molecule has 1 aromatic heterocycles. The van der Waals surface area contributed by atoms with Gasteiger partial charge in [-0.1, -0.05) is 36.4 Å². The maximum absolute atomic E-state index is 13.0. The Morgan fingerprint density at radius 2 is 1.67 bits per heavy atom. The second-order valence-corrected chi connectivity index (χ2v) is 7.22. The van der Waals surface area contributed by atoms with Crippen LogP contribution < -0.4 is 5.73 Å². The van der Waals surface area contributed by atoms with Crippen molar-refractivity contribution in [3.8, 4) is 22.8 Å². The number of benzene rings is 3. The average Bonchev–Trinajstić information content (AvgIpc) is 3.24. The first-order valence-corrected chi connectivity index (χ1v) is 9.66. The summed E-state index contributed by atoms with van der Waals surface area (Å²) in [7, 11) is 0. The number of amides is 1. The number of aromatic nitrogens is 3. The molecule has 150 valence electrons. The number of halogens is 1. The molecule has 0 aliphatic heterocycles. The normalized spacial score (nSPS) is 10.9. The first kappa shape index (κ1) is 19.5. The van der Waals surface area contributed by atoms with E-state index >= 15 is 0 Å². The Balaban J connectivity index is 1.49. The number of hydrogen-bond acceptors (Lipinski definition) is 3. The molecule has 6 heteroatoms. The average molecular weight is 400 g/mol. The van der Waals surface area contributed by atoms with Crippen LogP contribution in [0.4, 0.5) is 4.39 Å². The number of carbonyl (C=O) groups excluding carboxylic acids is 1. The molecular weight excluding hydrogens is 379 g/mol. The molecule has 0 unspecified atom stereocenters. The predicted molar refractivity (Wildman–Crippen MR) is 114 cm³/mol. The lowest BCUT2D eigenvalue weighted by Crippen LogP contribution is -2.10. The lowest BCUT2D eigenvalue weighted by molar-refractivity contribution is 0.100. The van der Waals surface area contributed by atoms with Gasteiger partial charge in [0.1, 0.15) is 5.82 Å². The summed E-state index contributed by atoms with van der Waals surface area (Å²) in [5.41, 5.74) is 11.0. The van der Waals surface area contributed by atoms with Gasteiger partial charge in [0.2, 0.25) is 5.91 Å². The first-order chi connectivity index (χ1) is 14.5. The fraction of sp³-hybridized carbons (Fsp3) is 0.125. The van der Waals surface area contributed by atoms with Gasteiger partial charge >= 0.3 is 0 Å². The van der Waals surface area contributed by atoms with Crippen molar-refractivity contribution >= 4 is 5.91 Å². The van der Waals surface area contributed by atoms with E-state index in [0.29, 0.717) is 17.2 Å². The van der Waals surface area contributed by atoms with Crippen LogP contribution in [0.2, 0.25) is 0 Å². The second-order valence-electron chi connectivity index (χ2n) is 7.22. The number of carbonyl (C=O) groups is 1. The van der Waals surface area contributed by atoms with E-state index in [-0.39, 0.29) is 5.82 Å². The van der Waals surface area contributed by atoms with E-state index in [4.69, 9.17) is 5.73 Å². The summed E-state index contributed by atoms with van der Waals surface area (Å²) in [5.74, 6) is 0.556. The molecule has 4 rings (SSSR count). The minimum Gasteiger partial charge on any atom is -0.366 e. The molecule has 3 N–H and O–H groups in total. The Morgan fingerprint density at radius 3 is 2.33 bits per heavy atom. The molecule has 0 bridgehead atoms. The van der Waals surface area contributed by atoms with E-state index in [1.807, 2.05) is 18.2 Å². The van der Waals surface area contributed by atoms with Crippen molar-refractivity contribution in [2.45, 2.75) is 19.8 Å². The fourth-order valence-corrected chi connectivity index (χ4v) is 3.36. The summed E-state index contributed by atoms with van der Waals surface area (Å²) in [6, 6.07) is 19.7. The van der Waals surface area contributed by atoms with Crippen LogP contribution >= 0.6 is 0 Å². The molecule has 3 aromatic carbocycles. The number of rotatable bonds is 6. The van der Waals surface area contributed by atoms with Crippen molar-refractivity contribution < 1.29 is 9.18 Å². The largest absolute Gasteiger partial charge is 0.366 e. The molecule has 0 aliphatic rings. The minimum absolute atomic E-state index is 0.214. The van der Waals surface area contributed by atoms with Crippen molar-refractivity contribution in [3.63, 3.8) is 0 Å². The quantitative estimate of drug-likeness (QED) is 0.501. The molecule has 1 heterocycles. The Hall–Kier alpha value is -3.80. The summed E-state index contributed by atoms with van der Waals surface area (Å²) >= 11 is 0. The number of nitrogens with one attached hydrogen (secondary N) is 1. The van der Waals surface area contributed by atoms with Gasteiger partial charge in [-0.2, -0.15) is 5.10 Å². The van der Waals surface area contributed by atoms with Gasteiger partial charge in [-0.05, 0) is 66.8 Å². The highest BCUT2D eigenvalue weighted by atomic mass is 19.1. The molecule has 0 saturated heterocycles. The van der Waals surface area contributed by atoms with Gasteiger partial charge in [-0.25, -0.2) is 9.37 Å². The molecule has 4 aromatic rings. The maximum atomic E-state index is 13.0. The highest BCUT2D eigenvalue weighted by Gasteiger charge is 2.10. The molecule has 0 atom stereocenters. The van der Waals surface area contributed by atoms with Crippen molar-refractivity contribution in [1.29, 1.82) is 0 Å². The zero-order chi connectivity index (χ0) is 21.1. The Bertz CT molecular complexity index is 1180. The van der Waals surface area contributed by atoms with Crippen molar-refractivity contribution in [2.75, 3.05) is 0 Å². The predicted octanol–water partition coefficient (Wildman–Crippen LogP) is 4.47. The standard InChI is InChI=1S/C24H21FN4O/c1-15-14-20(11-6-17(15)5-2-16-3-12-21(25)13-4-16)24-27-23(28-29-24)19-9-7-18(8-10-19)22(26)30/h3-4,6-14H,2,5H2,1H3,(H2,26,30)(H,27,28,29). The minimum atomic E-state index is -0.463. The third kappa shape index (κ3) is 4.27. The van der Waals surface area contributed by atoms with Crippen LogP contribution in [0.3, 0.4) is 0 Å². The number of aromatic amines is 1. The van der Waals surface area contributed by atoms with Gasteiger partial charge in [0.25, 0.3) is 0 Å². The first-order valence-electron chi connectivity index (χ1n) is 9.66. The highest BCUT2D eigenvalue weighted by Crippen LogP contribution is 2.23. The van der Waals surface area contributed by atoms with E-state index in [1.54, 1.807) is 24.3 Å². The van der Waals surface area contributed by atoms with Gasteiger partial charge in [0.05, 0.1) is 0 Å². The van der Waals surface area contributed by atoms with Crippen LogP contribution in [0.25, 0.3) is 22.8 Å². The number of hydrogen-bond donors (Lipinski definition) is 2. The van der Waals surface area contributed by atoms with E-state index in [0.717, 1.165) is 35.1 Å². The summed E-state index contributed by atoms with van der Waals surface area (Å²) < 4.78 is 13.0. The number of aryl methyl sites for hydroxylation is 3. The third-order valence-corrected chi connectivity index (χ3v) is 5.13. The van der Waals surface area contributed by atoms with E-state index in [1.165, 1.54) is 17.7 Å². The number of primary amides is 1. The summed E-state index contributed by atoms with van der Waals surface area (Å²) in [6.07, 6.45) is 1.73. The zero-order valence-corrected chi connectivity index (χ0v) is 16.5.